The van der Waals surface area contributed by atoms with Crippen LogP contribution < -0.4 is 5.32 Å². The van der Waals surface area contributed by atoms with E-state index in [0.717, 1.165) is 5.56 Å². The number of carboxylic acid groups (broad SMARTS) is 1. The summed E-state index contributed by atoms with van der Waals surface area (Å²) in [5.41, 5.74) is -0.395. The molecule has 0 atom stereocenters. The number of nitrogens with zero attached hydrogens (tertiary/aromatic N) is 1. The number of halogens is 3. The van der Waals surface area contributed by atoms with Gasteiger partial charge in [-0.1, -0.05) is 53.3 Å². The third-order valence-electron chi connectivity index (χ3n) is 2.57. The maximum Gasteiger partial charge on any atom is 0.413 e. The summed E-state index contributed by atoms with van der Waals surface area (Å²) in [5, 5.41) is 10.3. The van der Waals surface area contributed by atoms with Crippen molar-refractivity contribution in [3.8, 4) is 0 Å². The Morgan fingerprint density at radius 2 is 2.00 bits per heavy atom. The molecule has 0 saturated carbocycles. The number of hydrogen-bond acceptors (Lipinski definition) is 5. The molecule has 10 heteroatoms. The van der Waals surface area contributed by atoms with Crippen molar-refractivity contribution < 1.29 is 28.2 Å². The Hall–Kier alpha value is -2.26. The molecule has 0 unspecified atom stereocenters. The van der Waals surface area contributed by atoms with Crippen molar-refractivity contribution >= 4 is 40.1 Å². The van der Waals surface area contributed by atoms with Gasteiger partial charge in [-0.3, -0.25) is 5.32 Å². The van der Waals surface area contributed by atoms with Crippen LogP contribution in [0.25, 0.3) is 0 Å². The zero-order valence-corrected chi connectivity index (χ0v) is 12.8. The highest BCUT2D eigenvalue weighted by Gasteiger charge is 2.46. The van der Waals surface area contributed by atoms with Gasteiger partial charge in [0.15, 0.2) is 10.8 Å². The number of hydrogen-bond donors (Lipinski definition) is 2. The van der Waals surface area contributed by atoms with Crippen LogP contribution in [0.5, 0.6) is 0 Å². The predicted molar refractivity (Wildman–Crippen MR) is 78.9 cm³/mol. The summed E-state index contributed by atoms with van der Waals surface area (Å²) in [6.07, 6.45) is -0.926. The third-order valence-corrected chi connectivity index (χ3v) is 3.74. The van der Waals surface area contributed by atoms with Gasteiger partial charge in [0, 0.05) is 0 Å². The first-order chi connectivity index (χ1) is 10.8. The lowest BCUT2D eigenvalue weighted by Gasteiger charge is -2.07. The van der Waals surface area contributed by atoms with Gasteiger partial charge in [0.1, 0.15) is 10.9 Å². The van der Waals surface area contributed by atoms with Crippen molar-refractivity contribution in [2.24, 2.45) is 0 Å². The van der Waals surface area contributed by atoms with E-state index in [4.69, 9.17) is 21.4 Å². The minimum absolute atomic E-state index is 0.0239. The first kappa shape index (κ1) is 17.1. The SMILES string of the molecule is O=C(Nc1nc(C(F)(F)C(=O)O)c(Cl)s1)OCc1ccccc1. The van der Waals surface area contributed by atoms with Gasteiger partial charge in [0.2, 0.25) is 0 Å². The summed E-state index contributed by atoms with van der Waals surface area (Å²) in [4.78, 5) is 25.4. The van der Waals surface area contributed by atoms with Gasteiger partial charge in [-0.25, -0.2) is 14.6 Å². The van der Waals surface area contributed by atoms with Crippen LogP contribution in [0.2, 0.25) is 4.34 Å². The number of alkyl halides is 2. The molecule has 2 aromatic rings. The van der Waals surface area contributed by atoms with Crippen LogP contribution >= 0.6 is 22.9 Å². The number of anilines is 1. The van der Waals surface area contributed by atoms with Crippen molar-refractivity contribution in [1.82, 2.24) is 4.98 Å². The van der Waals surface area contributed by atoms with Crippen molar-refractivity contribution in [1.29, 1.82) is 0 Å². The number of carbonyl (C=O) groups excluding carboxylic acids is 1. The lowest BCUT2D eigenvalue weighted by molar-refractivity contribution is -0.166. The maximum atomic E-state index is 13.4. The molecule has 1 aromatic heterocycles. The van der Waals surface area contributed by atoms with Crippen LogP contribution in [-0.2, 0) is 22.1 Å². The average molecular weight is 363 g/mol. The highest BCUT2D eigenvalue weighted by molar-refractivity contribution is 7.19. The molecule has 1 amide bonds. The molecule has 2 rings (SSSR count). The fourth-order valence-corrected chi connectivity index (χ4v) is 2.59. The number of aliphatic carboxylic acids is 1. The quantitative estimate of drug-likeness (QED) is 0.846. The highest BCUT2D eigenvalue weighted by atomic mass is 35.5. The van der Waals surface area contributed by atoms with Gasteiger partial charge < -0.3 is 9.84 Å². The van der Waals surface area contributed by atoms with Gasteiger partial charge in [0.05, 0.1) is 0 Å². The summed E-state index contributed by atoms with van der Waals surface area (Å²) in [6, 6.07) is 8.79. The molecule has 0 fully saturated rings. The normalized spacial score (nSPS) is 11.1. The fourth-order valence-electron chi connectivity index (χ4n) is 1.50. The highest BCUT2D eigenvalue weighted by Crippen LogP contribution is 2.38. The van der Waals surface area contributed by atoms with Gasteiger partial charge in [-0.15, -0.1) is 0 Å². The zero-order valence-electron chi connectivity index (χ0n) is 11.3. The molecule has 23 heavy (non-hydrogen) atoms. The fraction of sp³-hybridized carbons (Fsp3) is 0.154. The van der Waals surface area contributed by atoms with E-state index in [-0.39, 0.29) is 11.7 Å². The van der Waals surface area contributed by atoms with Crippen LogP contribution in [0.4, 0.5) is 18.7 Å². The van der Waals surface area contributed by atoms with E-state index in [0.29, 0.717) is 11.3 Å². The number of nitrogens with one attached hydrogen (secondary N) is 1. The van der Waals surface area contributed by atoms with Crippen LogP contribution in [0.1, 0.15) is 11.3 Å². The molecule has 0 spiro atoms. The minimum Gasteiger partial charge on any atom is -0.476 e. The Kier molecular flexibility index (Phi) is 5.12. The van der Waals surface area contributed by atoms with E-state index in [1.807, 2.05) is 0 Å². The summed E-state index contributed by atoms with van der Waals surface area (Å²) in [6.45, 7) is -0.0239. The molecule has 122 valence electrons. The average Bonchev–Trinajstić information content (AvgIpc) is 2.87. The van der Waals surface area contributed by atoms with Gasteiger partial charge in [-0.2, -0.15) is 8.78 Å². The van der Waals surface area contributed by atoms with Crippen LogP contribution in [0, 0.1) is 0 Å². The summed E-state index contributed by atoms with van der Waals surface area (Å²) in [5.74, 6) is -6.63. The Morgan fingerprint density at radius 1 is 1.35 bits per heavy atom. The monoisotopic (exact) mass is 362 g/mol. The van der Waals surface area contributed by atoms with Crippen molar-refractivity contribution in [2.75, 3.05) is 5.32 Å². The first-order valence-electron chi connectivity index (χ1n) is 6.06. The second kappa shape index (κ2) is 6.88. The van der Waals surface area contributed by atoms with Crippen molar-refractivity contribution in [3.05, 3.63) is 45.9 Å². The number of benzene rings is 1. The standard InChI is InChI=1S/C13H9ClF2N2O4S/c14-9-8(13(15,16)10(19)20)17-11(23-9)18-12(21)22-6-7-4-2-1-3-5-7/h1-5H,6H2,(H,19,20)(H,17,18,21). The van der Waals surface area contributed by atoms with Gasteiger partial charge in [0.25, 0.3) is 0 Å². The number of ether oxygens (including phenoxy) is 1. The molecule has 0 radical (unpaired) electrons. The number of amides is 1. The second-order valence-electron chi connectivity index (χ2n) is 4.21. The van der Waals surface area contributed by atoms with Gasteiger partial charge in [-0.05, 0) is 5.56 Å². The van der Waals surface area contributed by atoms with Crippen LogP contribution in [0.15, 0.2) is 30.3 Å². The number of carbonyl (C=O) groups is 2. The van der Waals surface area contributed by atoms with E-state index in [9.17, 15) is 18.4 Å². The lowest BCUT2D eigenvalue weighted by Crippen LogP contribution is -2.26. The van der Waals surface area contributed by atoms with Gasteiger partial charge >= 0.3 is 18.0 Å². The molecule has 1 heterocycles. The zero-order chi connectivity index (χ0) is 17.0. The molecule has 2 N–H and O–H groups in total. The Bertz CT molecular complexity index is 724. The molecule has 6 nitrogen and oxygen atoms in total. The summed E-state index contributed by atoms with van der Waals surface area (Å²) < 4.78 is 31.1. The van der Waals surface area contributed by atoms with Crippen LogP contribution in [-0.4, -0.2) is 22.2 Å². The van der Waals surface area contributed by atoms with Crippen molar-refractivity contribution in [3.63, 3.8) is 0 Å². The van der Waals surface area contributed by atoms with E-state index in [1.165, 1.54) is 0 Å². The largest absolute Gasteiger partial charge is 0.476 e. The number of aromatic nitrogens is 1. The Morgan fingerprint density at radius 3 is 2.61 bits per heavy atom. The Balaban J connectivity index is 2.01. The Labute approximate surface area is 137 Å². The smallest absolute Gasteiger partial charge is 0.413 e. The lowest BCUT2D eigenvalue weighted by atomic mass is 10.2. The van der Waals surface area contributed by atoms with E-state index in [1.54, 1.807) is 30.3 Å². The topological polar surface area (TPSA) is 88.5 Å². The number of carboxylic acids is 1. The molecular weight excluding hydrogens is 354 g/mol. The van der Waals surface area contributed by atoms with E-state index in [2.05, 4.69) is 10.3 Å². The number of thiazole rings is 1. The number of rotatable bonds is 5. The third kappa shape index (κ3) is 4.14. The molecule has 1 aromatic carbocycles. The summed E-state index contributed by atoms with van der Waals surface area (Å²) in [7, 11) is 0. The molecule has 0 saturated heterocycles. The maximum absolute atomic E-state index is 13.4. The molecule has 0 aliphatic heterocycles. The van der Waals surface area contributed by atoms with E-state index < -0.39 is 28.0 Å². The molecule has 0 bridgehead atoms. The summed E-state index contributed by atoms with van der Waals surface area (Å²) >= 11 is 6.06. The molecule has 0 aliphatic rings. The second-order valence-corrected chi connectivity index (χ2v) is 5.81. The van der Waals surface area contributed by atoms with E-state index >= 15 is 0 Å². The predicted octanol–water partition coefficient (Wildman–Crippen LogP) is 3.72. The van der Waals surface area contributed by atoms with Crippen molar-refractivity contribution in [2.45, 2.75) is 12.5 Å². The minimum atomic E-state index is -4.25. The first-order valence-corrected chi connectivity index (χ1v) is 7.26. The molecule has 0 aliphatic carbocycles. The van der Waals surface area contributed by atoms with Crippen LogP contribution in [0.3, 0.4) is 0 Å². The molecular formula is C13H9ClF2N2O4S.